The van der Waals surface area contributed by atoms with Crippen LogP contribution in [-0.4, -0.2) is 65.4 Å². The fraction of sp³-hybridized carbons (Fsp3) is 0.478. The van der Waals surface area contributed by atoms with Crippen LogP contribution in [0.2, 0.25) is 5.15 Å². The second kappa shape index (κ2) is 8.92. The van der Waals surface area contributed by atoms with Crippen LogP contribution >= 0.6 is 11.6 Å². The van der Waals surface area contributed by atoms with Gasteiger partial charge in [0.15, 0.2) is 0 Å². The summed E-state index contributed by atoms with van der Waals surface area (Å²) in [5, 5.41) is 0.696. The highest BCUT2D eigenvalue weighted by Gasteiger charge is 2.26. The second-order valence-corrected chi connectivity index (χ2v) is 8.88. The Labute approximate surface area is 184 Å². The topological polar surface area (TPSA) is 39.9 Å². The summed E-state index contributed by atoms with van der Waals surface area (Å²) in [6.45, 7) is 2.59. The van der Waals surface area contributed by atoms with Gasteiger partial charge in [0.2, 0.25) is 0 Å². The molecule has 160 valence electrons. The number of hydrogen-bond acceptors (Lipinski definition) is 5. The molecule has 0 aromatic carbocycles. The molecule has 4 rings (SSSR count). The molecule has 6 nitrogen and oxygen atoms in total. The molecule has 30 heavy (non-hydrogen) atoms. The average molecular weight is 427 g/mol. The second-order valence-electron chi connectivity index (χ2n) is 8.52. The van der Waals surface area contributed by atoms with Crippen LogP contribution < -0.4 is 4.90 Å². The molecular weight excluding hydrogens is 396 g/mol. The number of rotatable bonds is 7. The van der Waals surface area contributed by atoms with E-state index in [1.165, 1.54) is 17.7 Å². The standard InChI is InChI=1S/C23H31ClN6/c1-27(2)14-15-28(3)21-12-6-11-20-26-18(23(24)30(20)21)16-29(4)19-10-5-8-17-9-7-13-25-22(17)19/h6-7,9,11-13,19H,5,8,10,14-16H2,1-4H3/t19-/m0/s1. The van der Waals surface area contributed by atoms with E-state index in [-0.39, 0.29) is 0 Å². The molecule has 0 aliphatic heterocycles. The minimum atomic E-state index is 0.304. The smallest absolute Gasteiger partial charge is 0.139 e. The molecule has 0 saturated heterocycles. The van der Waals surface area contributed by atoms with E-state index >= 15 is 0 Å². The molecule has 7 heteroatoms. The fourth-order valence-electron chi connectivity index (χ4n) is 4.31. The van der Waals surface area contributed by atoms with E-state index in [1.807, 2.05) is 18.3 Å². The molecule has 3 heterocycles. The Morgan fingerprint density at radius 1 is 1.10 bits per heavy atom. The Morgan fingerprint density at radius 3 is 2.73 bits per heavy atom. The highest BCUT2D eigenvalue weighted by atomic mass is 35.5. The summed E-state index contributed by atoms with van der Waals surface area (Å²) < 4.78 is 2.06. The molecule has 0 amide bonds. The van der Waals surface area contributed by atoms with E-state index in [1.54, 1.807) is 0 Å². The number of aryl methyl sites for hydroxylation is 1. The maximum atomic E-state index is 6.87. The van der Waals surface area contributed by atoms with Gasteiger partial charge in [-0.2, -0.15) is 0 Å². The van der Waals surface area contributed by atoms with Crippen molar-refractivity contribution in [2.45, 2.75) is 31.8 Å². The molecule has 0 spiro atoms. The lowest BCUT2D eigenvalue weighted by Gasteiger charge is -2.31. The van der Waals surface area contributed by atoms with Gasteiger partial charge >= 0.3 is 0 Å². The number of fused-ring (bicyclic) bond motifs is 2. The lowest BCUT2D eigenvalue weighted by Crippen LogP contribution is -2.29. The predicted octanol–water partition coefficient (Wildman–Crippen LogP) is 3.89. The highest BCUT2D eigenvalue weighted by Crippen LogP contribution is 2.34. The van der Waals surface area contributed by atoms with Crippen molar-refractivity contribution < 1.29 is 0 Å². The number of imidazole rings is 1. The summed E-state index contributed by atoms with van der Waals surface area (Å²) in [6, 6.07) is 10.7. The molecule has 0 bridgehead atoms. The van der Waals surface area contributed by atoms with Crippen molar-refractivity contribution in [3.63, 3.8) is 0 Å². The third kappa shape index (κ3) is 4.17. The molecule has 3 aromatic heterocycles. The van der Waals surface area contributed by atoms with Gasteiger partial charge in [-0.3, -0.25) is 14.3 Å². The molecule has 0 fully saturated rings. The molecule has 3 aromatic rings. The van der Waals surface area contributed by atoms with Gasteiger partial charge in [-0.05, 0) is 64.2 Å². The Kier molecular flexibility index (Phi) is 6.27. The Balaban J connectivity index is 1.60. The first-order valence-corrected chi connectivity index (χ1v) is 11.0. The van der Waals surface area contributed by atoms with Gasteiger partial charge in [0.05, 0.1) is 17.4 Å². The van der Waals surface area contributed by atoms with E-state index in [4.69, 9.17) is 16.6 Å². The Hall–Kier alpha value is -2.15. The Bertz CT molecular complexity index is 1010. The minimum absolute atomic E-state index is 0.304. The van der Waals surface area contributed by atoms with Gasteiger partial charge in [-0.15, -0.1) is 0 Å². The molecule has 0 radical (unpaired) electrons. The molecule has 0 saturated carbocycles. The average Bonchev–Trinajstić information content (AvgIpc) is 3.07. The van der Waals surface area contributed by atoms with Crippen molar-refractivity contribution in [3.8, 4) is 0 Å². The third-order valence-corrected chi connectivity index (χ3v) is 6.39. The molecule has 0 unspecified atom stereocenters. The SMILES string of the molecule is CN(C)CCN(C)c1cccc2nc(CN(C)[C@H]3CCCc4cccnc43)c(Cl)n12. The molecular formula is C23H31ClN6. The van der Waals surface area contributed by atoms with E-state index in [0.717, 1.165) is 43.1 Å². The third-order valence-electron chi connectivity index (χ3n) is 6.00. The number of nitrogens with zero attached hydrogens (tertiary/aromatic N) is 6. The highest BCUT2D eigenvalue weighted by molar-refractivity contribution is 6.30. The van der Waals surface area contributed by atoms with Gasteiger partial charge in [-0.25, -0.2) is 4.98 Å². The number of pyridine rings is 2. The lowest BCUT2D eigenvalue weighted by atomic mass is 9.91. The lowest BCUT2D eigenvalue weighted by molar-refractivity contribution is 0.206. The van der Waals surface area contributed by atoms with Crippen molar-refractivity contribution in [1.82, 2.24) is 24.2 Å². The first-order valence-electron chi connectivity index (χ1n) is 10.6. The number of halogens is 1. The van der Waals surface area contributed by atoms with E-state index in [9.17, 15) is 0 Å². The van der Waals surface area contributed by atoms with Crippen LogP contribution in [0.5, 0.6) is 0 Å². The summed E-state index contributed by atoms with van der Waals surface area (Å²) in [5.41, 5.74) is 4.37. The predicted molar refractivity (Wildman–Crippen MR) is 123 cm³/mol. The quantitative estimate of drug-likeness (QED) is 0.573. The zero-order valence-corrected chi connectivity index (χ0v) is 19.1. The van der Waals surface area contributed by atoms with E-state index in [0.29, 0.717) is 17.7 Å². The summed E-state index contributed by atoms with van der Waals surface area (Å²) >= 11 is 6.87. The fourth-order valence-corrected chi connectivity index (χ4v) is 4.59. The summed E-state index contributed by atoms with van der Waals surface area (Å²) in [4.78, 5) is 16.3. The Morgan fingerprint density at radius 2 is 1.93 bits per heavy atom. The normalized spacial score (nSPS) is 16.4. The van der Waals surface area contributed by atoms with Crippen LogP contribution in [0, 0.1) is 0 Å². The van der Waals surface area contributed by atoms with Crippen LogP contribution in [0.1, 0.15) is 35.8 Å². The van der Waals surface area contributed by atoms with Gasteiger partial charge in [-0.1, -0.05) is 23.7 Å². The summed E-state index contributed by atoms with van der Waals surface area (Å²) in [5.74, 6) is 1.06. The van der Waals surface area contributed by atoms with Crippen LogP contribution in [0.15, 0.2) is 36.5 Å². The first-order chi connectivity index (χ1) is 14.5. The van der Waals surface area contributed by atoms with Gasteiger partial charge < -0.3 is 9.80 Å². The van der Waals surface area contributed by atoms with Gasteiger partial charge in [0, 0.05) is 32.9 Å². The van der Waals surface area contributed by atoms with Crippen molar-refractivity contribution in [1.29, 1.82) is 0 Å². The van der Waals surface area contributed by atoms with Crippen LogP contribution in [-0.2, 0) is 13.0 Å². The zero-order chi connectivity index (χ0) is 21.3. The summed E-state index contributed by atoms with van der Waals surface area (Å²) in [6.07, 6.45) is 5.32. The van der Waals surface area contributed by atoms with Crippen LogP contribution in [0.4, 0.5) is 5.82 Å². The number of anilines is 1. The minimum Gasteiger partial charge on any atom is -0.359 e. The largest absolute Gasteiger partial charge is 0.359 e. The molecule has 1 aliphatic carbocycles. The monoisotopic (exact) mass is 426 g/mol. The number of aromatic nitrogens is 3. The van der Waals surface area contributed by atoms with Crippen molar-refractivity contribution >= 4 is 23.1 Å². The maximum absolute atomic E-state index is 6.87. The van der Waals surface area contributed by atoms with Crippen molar-refractivity contribution in [2.75, 3.05) is 46.2 Å². The molecule has 0 N–H and O–H groups in total. The van der Waals surface area contributed by atoms with Crippen molar-refractivity contribution in [2.24, 2.45) is 0 Å². The van der Waals surface area contributed by atoms with Gasteiger partial charge in [0.25, 0.3) is 0 Å². The summed E-state index contributed by atoms with van der Waals surface area (Å²) in [7, 11) is 8.43. The molecule has 1 atom stereocenters. The number of hydrogen-bond donors (Lipinski definition) is 0. The van der Waals surface area contributed by atoms with Crippen LogP contribution in [0.25, 0.3) is 5.65 Å². The van der Waals surface area contributed by atoms with E-state index < -0.39 is 0 Å². The van der Waals surface area contributed by atoms with Crippen molar-refractivity contribution in [3.05, 3.63) is 58.6 Å². The first kappa shape index (κ1) is 21.1. The molecule has 1 aliphatic rings. The van der Waals surface area contributed by atoms with E-state index in [2.05, 4.69) is 70.5 Å². The van der Waals surface area contributed by atoms with Gasteiger partial charge in [0.1, 0.15) is 16.6 Å². The maximum Gasteiger partial charge on any atom is 0.139 e. The van der Waals surface area contributed by atoms with Crippen LogP contribution in [0.3, 0.4) is 0 Å². The number of likely N-dealkylation sites (N-methyl/N-ethyl adjacent to an activating group) is 2. The zero-order valence-electron chi connectivity index (χ0n) is 18.3.